The molecule has 1 aromatic heterocycles. The van der Waals surface area contributed by atoms with Crippen LogP contribution in [0.3, 0.4) is 0 Å². The van der Waals surface area contributed by atoms with Crippen molar-refractivity contribution in [2.45, 2.75) is 13.8 Å². The van der Waals surface area contributed by atoms with Crippen molar-refractivity contribution in [2.24, 2.45) is 0 Å². The monoisotopic (exact) mass is 207 g/mol. The molecule has 1 aromatic rings. The SMILES string of the molecule is C=C(OCC)c1ncc(C)cc1C(=O)O. The van der Waals surface area contributed by atoms with E-state index in [0.29, 0.717) is 6.61 Å². The van der Waals surface area contributed by atoms with Crippen LogP contribution in [-0.2, 0) is 4.74 Å². The summed E-state index contributed by atoms with van der Waals surface area (Å²) in [6.45, 7) is 7.67. The Kier molecular flexibility index (Phi) is 3.44. The third kappa shape index (κ3) is 2.56. The molecule has 15 heavy (non-hydrogen) atoms. The molecule has 0 saturated carbocycles. The molecule has 4 heteroatoms. The van der Waals surface area contributed by atoms with Gasteiger partial charge in [0, 0.05) is 6.20 Å². The van der Waals surface area contributed by atoms with Crippen LogP contribution in [0.5, 0.6) is 0 Å². The minimum absolute atomic E-state index is 0.119. The number of pyridine rings is 1. The Labute approximate surface area is 88.2 Å². The molecular weight excluding hydrogens is 194 g/mol. The van der Waals surface area contributed by atoms with Gasteiger partial charge in [-0.1, -0.05) is 6.58 Å². The molecule has 0 spiro atoms. The zero-order chi connectivity index (χ0) is 11.4. The van der Waals surface area contributed by atoms with Crippen LogP contribution in [-0.4, -0.2) is 22.7 Å². The number of aromatic nitrogens is 1. The van der Waals surface area contributed by atoms with E-state index in [9.17, 15) is 4.79 Å². The maximum atomic E-state index is 10.9. The van der Waals surface area contributed by atoms with Crippen LogP contribution >= 0.6 is 0 Å². The van der Waals surface area contributed by atoms with Crippen LogP contribution in [0.25, 0.3) is 5.76 Å². The van der Waals surface area contributed by atoms with Gasteiger partial charge in [-0.15, -0.1) is 0 Å². The van der Waals surface area contributed by atoms with Gasteiger partial charge in [0.05, 0.1) is 12.2 Å². The average molecular weight is 207 g/mol. The number of carboxylic acid groups (broad SMARTS) is 1. The zero-order valence-corrected chi connectivity index (χ0v) is 8.78. The van der Waals surface area contributed by atoms with Gasteiger partial charge in [0.15, 0.2) is 0 Å². The number of carbonyl (C=O) groups is 1. The fourth-order valence-electron chi connectivity index (χ4n) is 1.20. The van der Waals surface area contributed by atoms with Crippen molar-refractivity contribution in [3.8, 4) is 0 Å². The highest BCUT2D eigenvalue weighted by Gasteiger charge is 2.14. The van der Waals surface area contributed by atoms with Crippen molar-refractivity contribution < 1.29 is 14.6 Å². The zero-order valence-electron chi connectivity index (χ0n) is 8.78. The molecule has 0 amide bonds. The first-order valence-electron chi connectivity index (χ1n) is 4.58. The molecule has 1 heterocycles. The number of rotatable bonds is 4. The van der Waals surface area contributed by atoms with E-state index in [-0.39, 0.29) is 17.0 Å². The quantitative estimate of drug-likeness (QED) is 0.768. The molecule has 0 aliphatic rings. The molecule has 0 aliphatic heterocycles. The van der Waals surface area contributed by atoms with E-state index in [1.165, 1.54) is 0 Å². The van der Waals surface area contributed by atoms with Gasteiger partial charge < -0.3 is 9.84 Å². The number of hydrogen-bond acceptors (Lipinski definition) is 3. The second-order valence-corrected chi connectivity index (χ2v) is 3.07. The van der Waals surface area contributed by atoms with E-state index in [1.807, 2.05) is 0 Å². The molecule has 0 aromatic carbocycles. The molecular formula is C11H13NO3. The van der Waals surface area contributed by atoms with Crippen molar-refractivity contribution in [2.75, 3.05) is 6.61 Å². The van der Waals surface area contributed by atoms with Crippen LogP contribution < -0.4 is 0 Å². The number of nitrogens with zero attached hydrogens (tertiary/aromatic N) is 1. The topological polar surface area (TPSA) is 59.4 Å². The van der Waals surface area contributed by atoms with Gasteiger partial charge in [0.2, 0.25) is 0 Å². The van der Waals surface area contributed by atoms with Gasteiger partial charge in [-0.05, 0) is 25.5 Å². The Balaban J connectivity index is 3.17. The van der Waals surface area contributed by atoms with E-state index < -0.39 is 5.97 Å². The molecule has 0 saturated heterocycles. The fourth-order valence-corrected chi connectivity index (χ4v) is 1.20. The van der Waals surface area contributed by atoms with Gasteiger partial charge in [0.25, 0.3) is 0 Å². The standard InChI is InChI=1S/C11H13NO3/c1-4-15-8(3)10-9(11(13)14)5-7(2)6-12-10/h5-6H,3-4H2,1-2H3,(H,13,14). The summed E-state index contributed by atoms with van der Waals surface area (Å²) in [6, 6.07) is 1.55. The van der Waals surface area contributed by atoms with Gasteiger partial charge in [-0.3, -0.25) is 4.98 Å². The molecule has 0 bridgehead atoms. The first kappa shape index (κ1) is 11.2. The Morgan fingerprint density at radius 3 is 2.87 bits per heavy atom. The second kappa shape index (κ2) is 4.59. The number of carboxylic acids is 1. The maximum absolute atomic E-state index is 10.9. The number of ether oxygens (including phenoxy) is 1. The second-order valence-electron chi connectivity index (χ2n) is 3.07. The predicted molar refractivity (Wildman–Crippen MR) is 56.6 cm³/mol. The Morgan fingerprint density at radius 1 is 1.67 bits per heavy atom. The largest absolute Gasteiger partial charge is 0.492 e. The Hall–Kier alpha value is -1.84. The highest BCUT2D eigenvalue weighted by molar-refractivity contribution is 5.92. The minimum atomic E-state index is -1.03. The lowest BCUT2D eigenvalue weighted by Gasteiger charge is -2.09. The molecule has 0 atom stereocenters. The van der Waals surface area contributed by atoms with Crippen molar-refractivity contribution in [3.63, 3.8) is 0 Å². The molecule has 4 nitrogen and oxygen atoms in total. The van der Waals surface area contributed by atoms with Crippen LogP contribution in [0.4, 0.5) is 0 Å². The summed E-state index contributed by atoms with van der Waals surface area (Å²) in [5.74, 6) is -0.739. The highest BCUT2D eigenvalue weighted by Crippen LogP contribution is 2.17. The van der Waals surface area contributed by atoms with E-state index in [4.69, 9.17) is 9.84 Å². The van der Waals surface area contributed by atoms with Crippen molar-refractivity contribution in [1.29, 1.82) is 0 Å². The molecule has 80 valence electrons. The van der Waals surface area contributed by atoms with Crippen LogP contribution in [0.2, 0.25) is 0 Å². The van der Waals surface area contributed by atoms with Gasteiger partial charge in [0.1, 0.15) is 11.5 Å². The summed E-state index contributed by atoms with van der Waals surface area (Å²) in [6.07, 6.45) is 1.59. The lowest BCUT2D eigenvalue weighted by Crippen LogP contribution is -2.06. The first-order valence-corrected chi connectivity index (χ1v) is 4.58. The highest BCUT2D eigenvalue weighted by atomic mass is 16.5. The number of hydrogen-bond donors (Lipinski definition) is 1. The number of aryl methyl sites for hydroxylation is 1. The van der Waals surface area contributed by atoms with E-state index in [0.717, 1.165) is 5.56 Å². The van der Waals surface area contributed by atoms with Gasteiger partial charge in [-0.2, -0.15) is 0 Å². The molecule has 0 radical (unpaired) electrons. The first-order chi connectivity index (χ1) is 7.06. The summed E-state index contributed by atoms with van der Waals surface area (Å²) in [4.78, 5) is 15.0. The van der Waals surface area contributed by atoms with Gasteiger partial charge in [-0.25, -0.2) is 4.79 Å². The van der Waals surface area contributed by atoms with E-state index >= 15 is 0 Å². The van der Waals surface area contributed by atoms with Gasteiger partial charge >= 0.3 is 5.97 Å². The normalized spacial score (nSPS) is 9.73. The third-order valence-corrected chi connectivity index (χ3v) is 1.84. The summed E-state index contributed by atoms with van der Waals surface area (Å²) in [5.41, 5.74) is 1.20. The summed E-state index contributed by atoms with van der Waals surface area (Å²) < 4.78 is 5.14. The Morgan fingerprint density at radius 2 is 2.33 bits per heavy atom. The lowest BCUT2D eigenvalue weighted by molar-refractivity contribution is 0.0695. The van der Waals surface area contributed by atoms with Crippen LogP contribution in [0.1, 0.15) is 28.5 Å². The third-order valence-electron chi connectivity index (χ3n) is 1.84. The van der Waals surface area contributed by atoms with Crippen molar-refractivity contribution >= 4 is 11.7 Å². The smallest absolute Gasteiger partial charge is 0.338 e. The van der Waals surface area contributed by atoms with Crippen LogP contribution in [0, 0.1) is 6.92 Å². The lowest BCUT2D eigenvalue weighted by atomic mass is 10.1. The van der Waals surface area contributed by atoms with Crippen LogP contribution in [0.15, 0.2) is 18.8 Å². The van der Waals surface area contributed by atoms with Crippen molar-refractivity contribution in [3.05, 3.63) is 35.7 Å². The van der Waals surface area contributed by atoms with E-state index in [2.05, 4.69) is 11.6 Å². The van der Waals surface area contributed by atoms with Crippen molar-refractivity contribution in [1.82, 2.24) is 4.98 Å². The molecule has 0 fully saturated rings. The molecule has 0 unspecified atom stereocenters. The summed E-state index contributed by atoms with van der Waals surface area (Å²) in [7, 11) is 0. The summed E-state index contributed by atoms with van der Waals surface area (Å²) in [5, 5.41) is 8.97. The fraction of sp³-hybridized carbons (Fsp3) is 0.273. The maximum Gasteiger partial charge on any atom is 0.338 e. The molecule has 0 aliphatic carbocycles. The average Bonchev–Trinajstić information content (AvgIpc) is 2.17. The number of aromatic carboxylic acids is 1. The van der Waals surface area contributed by atoms with E-state index in [1.54, 1.807) is 26.1 Å². The Bertz CT molecular complexity index is 399. The summed E-state index contributed by atoms with van der Waals surface area (Å²) >= 11 is 0. The molecule has 1 N–H and O–H groups in total. The minimum Gasteiger partial charge on any atom is -0.492 e. The molecule has 1 rings (SSSR count). The predicted octanol–water partition coefficient (Wildman–Crippen LogP) is 2.10.